The number of carbonyl (C=O) groups excluding carboxylic acids is 2. The van der Waals surface area contributed by atoms with E-state index < -0.39 is 35.5 Å². The number of hydrogen-bond acceptors (Lipinski definition) is 6. The van der Waals surface area contributed by atoms with E-state index in [2.05, 4.69) is 0 Å². The van der Waals surface area contributed by atoms with Crippen LogP contribution in [0.4, 0.5) is 0 Å². The van der Waals surface area contributed by atoms with Gasteiger partial charge in [0.05, 0.1) is 0 Å². The normalized spacial score (nSPS) is 20.7. The minimum Gasteiger partial charge on any atom is -0.463 e. The Bertz CT molecular complexity index is 682. The number of nitrogens with zero attached hydrogens (tertiary/aromatic N) is 3. The SMILES string of the molecule is CC(=O)OC[C@@H]1[C@H](OC(C)=O)CCn2c(=O)n(C)c(=O)n21. The number of esters is 2. The number of hydrogen-bond donors (Lipinski definition) is 0. The van der Waals surface area contributed by atoms with Gasteiger partial charge < -0.3 is 9.47 Å². The standard InChI is InChI=1S/C12H17N3O6/c1-7(16)20-6-9-10(21-8(2)17)4-5-14-11(18)13(3)12(19)15(9)14/h9-10H,4-6H2,1-3H3/t9-,10-/m1/s1. The van der Waals surface area contributed by atoms with Crippen LogP contribution in [0.1, 0.15) is 26.3 Å². The third-order valence-electron chi connectivity index (χ3n) is 3.39. The first-order valence-electron chi connectivity index (χ1n) is 6.52. The van der Waals surface area contributed by atoms with Crippen molar-refractivity contribution in [2.24, 2.45) is 7.05 Å². The molecule has 0 unspecified atom stereocenters. The van der Waals surface area contributed by atoms with Crippen molar-refractivity contribution in [1.82, 2.24) is 13.9 Å². The summed E-state index contributed by atoms with van der Waals surface area (Å²) in [4.78, 5) is 46.2. The van der Waals surface area contributed by atoms with E-state index in [1.807, 2.05) is 0 Å². The van der Waals surface area contributed by atoms with Gasteiger partial charge in [-0.2, -0.15) is 0 Å². The van der Waals surface area contributed by atoms with Crippen molar-refractivity contribution < 1.29 is 19.1 Å². The minimum absolute atomic E-state index is 0.142. The Balaban J connectivity index is 2.44. The maximum Gasteiger partial charge on any atom is 0.347 e. The van der Waals surface area contributed by atoms with E-state index in [0.29, 0.717) is 6.42 Å². The van der Waals surface area contributed by atoms with Crippen LogP contribution in [0.3, 0.4) is 0 Å². The zero-order chi connectivity index (χ0) is 15.7. The molecule has 0 aliphatic carbocycles. The van der Waals surface area contributed by atoms with Crippen LogP contribution in [0.2, 0.25) is 0 Å². The van der Waals surface area contributed by atoms with Gasteiger partial charge in [-0.3, -0.25) is 9.59 Å². The maximum atomic E-state index is 12.1. The number of rotatable bonds is 3. The van der Waals surface area contributed by atoms with Crippen LogP contribution in [-0.2, 0) is 32.7 Å². The highest BCUT2D eigenvalue weighted by Crippen LogP contribution is 2.22. The van der Waals surface area contributed by atoms with E-state index in [4.69, 9.17) is 9.47 Å². The Morgan fingerprint density at radius 1 is 1.19 bits per heavy atom. The molecule has 0 spiro atoms. The second-order valence-corrected chi connectivity index (χ2v) is 4.90. The monoisotopic (exact) mass is 299 g/mol. The number of aromatic nitrogens is 3. The van der Waals surface area contributed by atoms with Crippen LogP contribution in [0.15, 0.2) is 9.59 Å². The van der Waals surface area contributed by atoms with E-state index in [0.717, 1.165) is 4.57 Å². The van der Waals surface area contributed by atoms with Crippen molar-refractivity contribution in [2.75, 3.05) is 6.61 Å². The van der Waals surface area contributed by atoms with Crippen LogP contribution < -0.4 is 11.4 Å². The molecule has 0 amide bonds. The van der Waals surface area contributed by atoms with Crippen LogP contribution in [-0.4, -0.2) is 38.6 Å². The molecule has 9 heteroatoms. The van der Waals surface area contributed by atoms with E-state index >= 15 is 0 Å². The zero-order valence-corrected chi connectivity index (χ0v) is 12.1. The summed E-state index contributed by atoms with van der Waals surface area (Å²) < 4.78 is 13.6. The van der Waals surface area contributed by atoms with Crippen LogP contribution in [0.25, 0.3) is 0 Å². The van der Waals surface area contributed by atoms with Gasteiger partial charge >= 0.3 is 23.3 Å². The molecular weight excluding hydrogens is 282 g/mol. The quantitative estimate of drug-likeness (QED) is 0.649. The molecular formula is C12H17N3O6. The highest BCUT2D eigenvalue weighted by atomic mass is 16.6. The van der Waals surface area contributed by atoms with Crippen molar-refractivity contribution in [3.63, 3.8) is 0 Å². The van der Waals surface area contributed by atoms with Crippen LogP contribution in [0.5, 0.6) is 0 Å². The lowest BCUT2D eigenvalue weighted by atomic mass is 10.1. The number of carbonyl (C=O) groups is 2. The third kappa shape index (κ3) is 2.76. The average molecular weight is 299 g/mol. The number of ether oxygens (including phenoxy) is 2. The molecule has 2 rings (SSSR count). The fraction of sp³-hybridized carbons (Fsp3) is 0.667. The molecule has 0 bridgehead atoms. The molecule has 0 aromatic carbocycles. The Kier molecular flexibility index (Phi) is 4.01. The lowest BCUT2D eigenvalue weighted by molar-refractivity contribution is -0.155. The topological polar surface area (TPSA) is 102 Å². The van der Waals surface area contributed by atoms with Crippen LogP contribution in [0, 0.1) is 0 Å². The predicted octanol–water partition coefficient (Wildman–Crippen LogP) is -1.21. The van der Waals surface area contributed by atoms with Crippen LogP contribution >= 0.6 is 0 Å². The molecule has 2 atom stereocenters. The largest absolute Gasteiger partial charge is 0.463 e. The molecule has 1 aromatic heterocycles. The number of fused-ring (bicyclic) bond motifs is 1. The van der Waals surface area contributed by atoms with E-state index in [1.165, 1.54) is 30.3 Å². The Hall–Kier alpha value is -2.32. The Morgan fingerprint density at radius 2 is 1.86 bits per heavy atom. The first kappa shape index (κ1) is 15.1. The highest BCUT2D eigenvalue weighted by Gasteiger charge is 2.35. The molecule has 21 heavy (non-hydrogen) atoms. The highest BCUT2D eigenvalue weighted by molar-refractivity contribution is 5.66. The summed E-state index contributed by atoms with van der Waals surface area (Å²) in [5, 5.41) is 0. The van der Waals surface area contributed by atoms with Gasteiger partial charge in [0.15, 0.2) is 0 Å². The molecule has 0 radical (unpaired) electrons. The molecule has 9 nitrogen and oxygen atoms in total. The fourth-order valence-corrected chi connectivity index (χ4v) is 2.46. The minimum atomic E-state index is -0.715. The van der Waals surface area contributed by atoms with Gasteiger partial charge in [0.25, 0.3) is 0 Å². The molecule has 1 aliphatic heterocycles. The molecule has 2 heterocycles. The van der Waals surface area contributed by atoms with Crippen molar-refractivity contribution in [3.05, 3.63) is 21.0 Å². The molecule has 1 aliphatic rings. The summed E-state index contributed by atoms with van der Waals surface area (Å²) in [6.45, 7) is 2.61. The summed E-state index contributed by atoms with van der Waals surface area (Å²) >= 11 is 0. The summed E-state index contributed by atoms with van der Waals surface area (Å²) in [5.41, 5.74) is -0.983. The second-order valence-electron chi connectivity index (χ2n) is 4.90. The first-order chi connectivity index (χ1) is 9.82. The molecule has 0 saturated heterocycles. The van der Waals surface area contributed by atoms with Gasteiger partial charge in [-0.15, -0.1) is 0 Å². The van der Waals surface area contributed by atoms with E-state index in [9.17, 15) is 19.2 Å². The summed E-state index contributed by atoms with van der Waals surface area (Å²) in [5.74, 6) is -1.01. The average Bonchev–Trinajstić information content (AvgIpc) is 2.62. The van der Waals surface area contributed by atoms with Gasteiger partial charge in [-0.1, -0.05) is 0 Å². The fourth-order valence-electron chi connectivity index (χ4n) is 2.46. The molecule has 116 valence electrons. The second kappa shape index (κ2) is 5.58. The summed E-state index contributed by atoms with van der Waals surface area (Å²) in [6.07, 6.45) is -0.254. The van der Waals surface area contributed by atoms with Gasteiger partial charge in [0, 0.05) is 33.9 Å². The van der Waals surface area contributed by atoms with Crippen molar-refractivity contribution in [2.45, 2.75) is 39.0 Å². The van der Waals surface area contributed by atoms with Crippen molar-refractivity contribution in [3.8, 4) is 0 Å². The lowest BCUT2D eigenvalue weighted by Crippen LogP contribution is -2.45. The summed E-state index contributed by atoms with van der Waals surface area (Å²) in [7, 11) is 1.37. The first-order valence-corrected chi connectivity index (χ1v) is 6.52. The Labute approximate surface area is 119 Å². The third-order valence-corrected chi connectivity index (χ3v) is 3.39. The van der Waals surface area contributed by atoms with E-state index in [-0.39, 0.29) is 13.2 Å². The van der Waals surface area contributed by atoms with Crippen molar-refractivity contribution in [1.29, 1.82) is 0 Å². The van der Waals surface area contributed by atoms with Gasteiger partial charge in [0.1, 0.15) is 18.8 Å². The molecule has 0 saturated carbocycles. The van der Waals surface area contributed by atoms with Gasteiger partial charge in [-0.25, -0.2) is 23.5 Å². The zero-order valence-electron chi connectivity index (χ0n) is 12.1. The molecule has 0 fully saturated rings. The van der Waals surface area contributed by atoms with E-state index in [1.54, 1.807) is 0 Å². The molecule has 1 aromatic rings. The smallest absolute Gasteiger partial charge is 0.347 e. The predicted molar refractivity (Wildman–Crippen MR) is 69.8 cm³/mol. The maximum absolute atomic E-state index is 12.1. The Morgan fingerprint density at radius 3 is 2.43 bits per heavy atom. The van der Waals surface area contributed by atoms with Gasteiger partial charge in [0.2, 0.25) is 0 Å². The molecule has 0 N–H and O–H groups in total. The lowest BCUT2D eigenvalue weighted by Gasteiger charge is -2.32. The van der Waals surface area contributed by atoms with Crippen molar-refractivity contribution >= 4 is 11.9 Å². The summed E-state index contributed by atoms with van der Waals surface area (Å²) in [6, 6.07) is -0.715. The van der Waals surface area contributed by atoms with Gasteiger partial charge in [-0.05, 0) is 0 Å².